The zero-order valence-corrected chi connectivity index (χ0v) is 10.9. The maximum atomic E-state index is 3.20. The molecule has 0 rings (SSSR count). The molecule has 0 aliphatic heterocycles. The van der Waals surface area contributed by atoms with Gasteiger partial charge in [-0.05, 0) is 18.8 Å². The Kier molecular flexibility index (Phi) is 11.3. The van der Waals surface area contributed by atoms with Crippen LogP contribution in [0.5, 0.6) is 0 Å². The Bertz CT molecular complexity index is 168. The second-order valence-corrected chi connectivity index (χ2v) is 4.54. The van der Waals surface area contributed by atoms with E-state index in [1.165, 1.54) is 44.9 Å². The van der Waals surface area contributed by atoms with E-state index in [4.69, 9.17) is 0 Å². The third-order valence-electron chi connectivity index (χ3n) is 2.53. The van der Waals surface area contributed by atoms with Crippen LogP contribution in [0, 0.1) is 17.8 Å². The lowest BCUT2D eigenvalue weighted by Crippen LogP contribution is -1.85. The normalized spacial score (nSPS) is 10.1. The molecular weight excluding hydrogens is 180 g/mol. The highest BCUT2D eigenvalue weighted by Gasteiger charge is 1.94. The summed E-state index contributed by atoms with van der Waals surface area (Å²) >= 11 is 0. The third-order valence-corrected chi connectivity index (χ3v) is 2.53. The molecular formula is C15H27. The molecule has 0 aliphatic rings. The summed E-state index contributed by atoms with van der Waals surface area (Å²) in [5.41, 5.74) is 0. The molecule has 1 radical (unpaired) electrons. The summed E-state index contributed by atoms with van der Waals surface area (Å²) in [6.45, 7) is 6.57. The number of hydrogen-bond donors (Lipinski definition) is 0. The number of rotatable bonds is 8. The molecule has 0 saturated carbocycles. The van der Waals surface area contributed by atoms with Crippen LogP contribution in [0.3, 0.4) is 0 Å². The second-order valence-electron chi connectivity index (χ2n) is 4.54. The molecule has 0 amide bonds. The monoisotopic (exact) mass is 207 g/mol. The molecule has 0 heteroatoms. The van der Waals surface area contributed by atoms with Crippen molar-refractivity contribution < 1.29 is 0 Å². The van der Waals surface area contributed by atoms with Crippen LogP contribution < -0.4 is 0 Å². The summed E-state index contributed by atoms with van der Waals surface area (Å²) < 4.78 is 0. The SMILES string of the molecule is CCC#CCCCCCCCC[C](C)C. The van der Waals surface area contributed by atoms with Crippen LogP contribution in [-0.2, 0) is 0 Å². The summed E-state index contributed by atoms with van der Waals surface area (Å²) in [7, 11) is 0. The highest BCUT2D eigenvalue weighted by atomic mass is 14.0. The zero-order chi connectivity index (χ0) is 11.4. The minimum Gasteiger partial charge on any atom is -0.104 e. The van der Waals surface area contributed by atoms with Crippen LogP contribution in [0.15, 0.2) is 0 Å². The average Bonchev–Trinajstić information content (AvgIpc) is 2.20. The molecule has 0 atom stereocenters. The van der Waals surface area contributed by atoms with E-state index < -0.39 is 0 Å². The van der Waals surface area contributed by atoms with Crippen molar-refractivity contribution in [3.63, 3.8) is 0 Å². The summed E-state index contributed by atoms with van der Waals surface area (Å²) in [5, 5.41) is 0. The molecule has 0 fully saturated rings. The first-order chi connectivity index (χ1) is 7.27. The minimum atomic E-state index is 1.01. The molecule has 0 spiro atoms. The van der Waals surface area contributed by atoms with Gasteiger partial charge in [0.25, 0.3) is 0 Å². The predicted octanol–water partition coefficient (Wildman–Crippen LogP) is 5.13. The zero-order valence-electron chi connectivity index (χ0n) is 10.9. The van der Waals surface area contributed by atoms with Gasteiger partial charge in [0.15, 0.2) is 0 Å². The molecule has 0 N–H and O–H groups in total. The fraction of sp³-hybridized carbons (Fsp3) is 0.800. The summed E-state index contributed by atoms with van der Waals surface area (Å²) in [4.78, 5) is 0. The van der Waals surface area contributed by atoms with Gasteiger partial charge in [-0.1, -0.05) is 52.9 Å². The smallest absolute Gasteiger partial charge is 0.00886 e. The molecule has 0 heterocycles. The van der Waals surface area contributed by atoms with Crippen LogP contribution in [-0.4, -0.2) is 0 Å². The molecule has 0 unspecified atom stereocenters. The van der Waals surface area contributed by atoms with Crippen LogP contribution >= 0.6 is 0 Å². The highest BCUT2D eigenvalue weighted by molar-refractivity contribution is 4.97. The highest BCUT2D eigenvalue weighted by Crippen LogP contribution is 2.12. The van der Waals surface area contributed by atoms with Crippen molar-refractivity contribution in [3.05, 3.63) is 5.92 Å². The van der Waals surface area contributed by atoms with E-state index >= 15 is 0 Å². The van der Waals surface area contributed by atoms with Gasteiger partial charge in [0, 0.05) is 12.8 Å². The van der Waals surface area contributed by atoms with Crippen molar-refractivity contribution in [3.8, 4) is 11.8 Å². The second kappa shape index (κ2) is 11.6. The lowest BCUT2D eigenvalue weighted by molar-refractivity contribution is 0.587. The maximum Gasteiger partial charge on any atom is 0.00886 e. The van der Waals surface area contributed by atoms with Gasteiger partial charge >= 0.3 is 0 Å². The lowest BCUT2D eigenvalue weighted by atomic mass is 10.0. The first-order valence-corrected chi connectivity index (χ1v) is 6.52. The van der Waals surface area contributed by atoms with E-state index in [1.54, 1.807) is 5.92 Å². The molecule has 87 valence electrons. The molecule has 0 aromatic carbocycles. The van der Waals surface area contributed by atoms with Crippen molar-refractivity contribution in [2.45, 2.75) is 78.6 Å². The fourth-order valence-electron chi connectivity index (χ4n) is 1.61. The summed E-state index contributed by atoms with van der Waals surface area (Å²) in [6.07, 6.45) is 11.7. The van der Waals surface area contributed by atoms with Crippen molar-refractivity contribution in [1.29, 1.82) is 0 Å². The molecule has 0 nitrogen and oxygen atoms in total. The lowest BCUT2D eigenvalue weighted by Gasteiger charge is -2.03. The standard InChI is InChI=1S/C15H27/c1-4-5-6-7-8-9-10-11-12-13-14-15(2)3/h4,7-14H2,1-3H3. The van der Waals surface area contributed by atoms with Gasteiger partial charge in [-0.2, -0.15) is 0 Å². The topological polar surface area (TPSA) is 0 Å². The predicted molar refractivity (Wildman–Crippen MR) is 69.6 cm³/mol. The molecule has 0 saturated heterocycles. The van der Waals surface area contributed by atoms with Crippen LogP contribution in [0.2, 0.25) is 0 Å². The van der Waals surface area contributed by atoms with Crippen LogP contribution in [0.25, 0.3) is 0 Å². The Morgan fingerprint density at radius 2 is 1.40 bits per heavy atom. The Morgan fingerprint density at radius 1 is 0.800 bits per heavy atom. The van der Waals surface area contributed by atoms with Crippen molar-refractivity contribution in [2.75, 3.05) is 0 Å². The average molecular weight is 207 g/mol. The molecule has 15 heavy (non-hydrogen) atoms. The van der Waals surface area contributed by atoms with Crippen LogP contribution in [0.4, 0.5) is 0 Å². The van der Waals surface area contributed by atoms with E-state index in [0.717, 1.165) is 12.8 Å². The molecule has 0 aromatic rings. The molecule has 0 aromatic heterocycles. The van der Waals surface area contributed by atoms with Crippen molar-refractivity contribution >= 4 is 0 Å². The number of unbranched alkanes of at least 4 members (excludes halogenated alkanes) is 6. The Balaban J connectivity index is 2.99. The van der Waals surface area contributed by atoms with Gasteiger partial charge < -0.3 is 0 Å². The Labute approximate surface area is 96.8 Å². The van der Waals surface area contributed by atoms with Gasteiger partial charge in [-0.15, -0.1) is 11.8 Å². The van der Waals surface area contributed by atoms with Gasteiger partial charge in [0.1, 0.15) is 0 Å². The third kappa shape index (κ3) is 13.6. The number of hydrogen-bond acceptors (Lipinski definition) is 0. The Hall–Kier alpha value is -0.440. The Morgan fingerprint density at radius 3 is 2.00 bits per heavy atom. The fourth-order valence-corrected chi connectivity index (χ4v) is 1.61. The van der Waals surface area contributed by atoms with Crippen molar-refractivity contribution in [1.82, 2.24) is 0 Å². The molecule has 0 aliphatic carbocycles. The first kappa shape index (κ1) is 14.6. The quantitative estimate of drug-likeness (QED) is 0.382. The van der Waals surface area contributed by atoms with Gasteiger partial charge in [0.2, 0.25) is 0 Å². The minimum absolute atomic E-state index is 1.01. The van der Waals surface area contributed by atoms with Gasteiger partial charge in [0.05, 0.1) is 0 Å². The largest absolute Gasteiger partial charge is 0.104 e. The van der Waals surface area contributed by atoms with E-state index in [1.807, 2.05) is 0 Å². The maximum absolute atomic E-state index is 3.20. The van der Waals surface area contributed by atoms with E-state index in [9.17, 15) is 0 Å². The summed E-state index contributed by atoms with van der Waals surface area (Å²) in [5.74, 6) is 7.89. The van der Waals surface area contributed by atoms with E-state index in [0.29, 0.717) is 0 Å². The molecule has 0 bridgehead atoms. The van der Waals surface area contributed by atoms with E-state index in [-0.39, 0.29) is 0 Å². The first-order valence-electron chi connectivity index (χ1n) is 6.52. The van der Waals surface area contributed by atoms with Gasteiger partial charge in [-0.3, -0.25) is 0 Å². The van der Waals surface area contributed by atoms with Crippen molar-refractivity contribution in [2.24, 2.45) is 0 Å². The summed E-state index contributed by atoms with van der Waals surface area (Å²) in [6, 6.07) is 0. The van der Waals surface area contributed by atoms with Crippen LogP contribution in [0.1, 0.15) is 78.6 Å². The van der Waals surface area contributed by atoms with Gasteiger partial charge in [-0.25, -0.2) is 0 Å². The van der Waals surface area contributed by atoms with E-state index in [2.05, 4.69) is 32.6 Å².